The lowest BCUT2D eigenvalue weighted by Crippen LogP contribution is -2.44. The number of amides is 1. The largest absolute Gasteiger partial charge is 0.480 e. The molecule has 6 nitrogen and oxygen atoms in total. The number of rotatable bonds is 8. The van der Waals surface area contributed by atoms with Gasteiger partial charge in [0.25, 0.3) is 5.91 Å². The summed E-state index contributed by atoms with van der Waals surface area (Å²) in [4.78, 5) is 25.4. The molecule has 2 rings (SSSR count). The number of carboxylic acids is 1. The van der Waals surface area contributed by atoms with Gasteiger partial charge in [-0.05, 0) is 50.5 Å². The molecule has 1 unspecified atom stereocenters. The molecule has 1 aromatic carbocycles. The molecule has 1 aliphatic carbocycles. The lowest BCUT2D eigenvalue weighted by Gasteiger charge is -2.26. The van der Waals surface area contributed by atoms with Crippen LogP contribution in [0.25, 0.3) is 0 Å². The minimum absolute atomic E-state index is 0.0448. The van der Waals surface area contributed by atoms with Crippen molar-refractivity contribution in [1.29, 1.82) is 0 Å². The Labute approximate surface area is 142 Å². The van der Waals surface area contributed by atoms with Crippen LogP contribution in [0.5, 0.6) is 0 Å². The number of aliphatic carboxylic acids is 1. The first-order valence-corrected chi connectivity index (χ1v) is 9.81. The van der Waals surface area contributed by atoms with Crippen LogP contribution >= 0.6 is 0 Å². The van der Waals surface area contributed by atoms with Crippen molar-refractivity contribution in [2.24, 2.45) is 0 Å². The molecule has 1 aromatic rings. The van der Waals surface area contributed by atoms with E-state index in [1.807, 2.05) is 6.92 Å². The molecule has 0 aromatic heterocycles. The third-order valence-electron chi connectivity index (χ3n) is 4.18. The van der Waals surface area contributed by atoms with Crippen LogP contribution in [0.2, 0.25) is 0 Å². The number of nitrogens with zero attached hydrogens (tertiary/aromatic N) is 1. The van der Waals surface area contributed by atoms with E-state index in [9.17, 15) is 23.1 Å². The van der Waals surface area contributed by atoms with E-state index >= 15 is 0 Å². The normalized spacial score (nSPS) is 15.8. The van der Waals surface area contributed by atoms with E-state index in [4.69, 9.17) is 0 Å². The van der Waals surface area contributed by atoms with Crippen LogP contribution in [0, 0.1) is 0 Å². The van der Waals surface area contributed by atoms with Gasteiger partial charge in [-0.15, -0.1) is 0 Å². The van der Waals surface area contributed by atoms with Gasteiger partial charge in [0.05, 0.1) is 10.6 Å². The average Bonchev–Trinajstić information content (AvgIpc) is 3.38. The quantitative estimate of drug-likeness (QED) is 0.774. The van der Waals surface area contributed by atoms with Gasteiger partial charge >= 0.3 is 5.97 Å². The van der Waals surface area contributed by atoms with Crippen LogP contribution < -0.4 is 0 Å². The van der Waals surface area contributed by atoms with Gasteiger partial charge < -0.3 is 10.0 Å². The first-order valence-electron chi connectivity index (χ1n) is 8.16. The van der Waals surface area contributed by atoms with Crippen LogP contribution in [0.15, 0.2) is 29.2 Å². The lowest BCUT2D eigenvalue weighted by atomic mass is 10.1. The summed E-state index contributed by atoms with van der Waals surface area (Å²) in [5.74, 6) is -1.33. The van der Waals surface area contributed by atoms with Crippen molar-refractivity contribution < 1.29 is 23.1 Å². The molecule has 0 bridgehead atoms. The van der Waals surface area contributed by atoms with E-state index in [2.05, 4.69) is 0 Å². The number of hydrogen-bond acceptors (Lipinski definition) is 4. The molecule has 1 saturated carbocycles. The summed E-state index contributed by atoms with van der Waals surface area (Å²) in [5, 5.41) is 9.18. The summed E-state index contributed by atoms with van der Waals surface area (Å²) in [6.07, 6.45) is 2.98. The molecule has 132 valence electrons. The van der Waals surface area contributed by atoms with E-state index in [-0.39, 0.29) is 22.6 Å². The SMILES string of the molecule is CCCCS(=O)(=O)c1ccc(C(=O)N(C2CC2)C(C)C(=O)O)cc1. The van der Waals surface area contributed by atoms with Gasteiger partial charge in [-0.3, -0.25) is 4.79 Å². The lowest BCUT2D eigenvalue weighted by molar-refractivity contribution is -0.141. The highest BCUT2D eigenvalue weighted by Crippen LogP contribution is 2.30. The van der Waals surface area contributed by atoms with E-state index in [0.29, 0.717) is 12.0 Å². The molecule has 1 aliphatic rings. The predicted molar refractivity (Wildman–Crippen MR) is 89.7 cm³/mol. The van der Waals surface area contributed by atoms with Crippen molar-refractivity contribution in [1.82, 2.24) is 4.90 Å². The molecule has 1 fully saturated rings. The Balaban J connectivity index is 2.20. The second-order valence-corrected chi connectivity index (χ2v) is 8.26. The first-order chi connectivity index (χ1) is 11.3. The maximum absolute atomic E-state index is 12.6. The maximum atomic E-state index is 12.6. The van der Waals surface area contributed by atoms with Gasteiger partial charge in [0.15, 0.2) is 9.84 Å². The number of carbonyl (C=O) groups is 2. The summed E-state index contributed by atoms with van der Waals surface area (Å²) in [7, 11) is -3.34. The van der Waals surface area contributed by atoms with Crippen LogP contribution in [0.4, 0.5) is 0 Å². The van der Waals surface area contributed by atoms with E-state index in [0.717, 1.165) is 19.3 Å². The Morgan fingerprint density at radius 1 is 1.25 bits per heavy atom. The fourth-order valence-electron chi connectivity index (χ4n) is 2.54. The second-order valence-electron chi connectivity index (χ2n) is 6.15. The van der Waals surface area contributed by atoms with Crippen LogP contribution in [-0.2, 0) is 14.6 Å². The fraction of sp³-hybridized carbons (Fsp3) is 0.529. The third-order valence-corrected chi connectivity index (χ3v) is 5.99. The fourth-order valence-corrected chi connectivity index (χ4v) is 3.99. The van der Waals surface area contributed by atoms with Gasteiger partial charge in [-0.25, -0.2) is 13.2 Å². The van der Waals surface area contributed by atoms with Crippen molar-refractivity contribution in [3.05, 3.63) is 29.8 Å². The molecular formula is C17H23NO5S. The molecule has 0 saturated heterocycles. The summed E-state index contributed by atoms with van der Waals surface area (Å²) in [5.41, 5.74) is 0.310. The number of carbonyl (C=O) groups excluding carboxylic acids is 1. The van der Waals surface area contributed by atoms with Crippen molar-refractivity contribution in [3.63, 3.8) is 0 Å². The molecule has 7 heteroatoms. The summed E-state index contributed by atoms with van der Waals surface area (Å²) in [6, 6.07) is 4.83. The molecule has 0 heterocycles. The Morgan fingerprint density at radius 2 is 1.83 bits per heavy atom. The summed E-state index contributed by atoms with van der Waals surface area (Å²) >= 11 is 0. The maximum Gasteiger partial charge on any atom is 0.326 e. The minimum atomic E-state index is -3.34. The highest BCUT2D eigenvalue weighted by molar-refractivity contribution is 7.91. The average molecular weight is 353 g/mol. The van der Waals surface area contributed by atoms with Gasteiger partial charge in [-0.2, -0.15) is 0 Å². The highest BCUT2D eigenvalue weighted by Gasteiger charge is 2.38. The van der Waals surface area contributed by atoms with Crippen molar-refractivity contribution >= 4 is 21.7 Å². The first kappa shape index (κ1) is 18.4. The standard InChI is InChI=1S/C17H23NO5S/c1-3-4-11-24(22,23)15-9-5-13(6-10-15)16(19)18(14-7-8-14)12(2)17(20)21/h5-6,9-10,12,14H,3-4,7-8,11H2,1-2H3,(H,20,21). The molecule has 0 aliphatic heterocycles. The molecular weight excluding hydrogens is 330 g/mol. The Kier molecular flexibility index (Phi) is 5.64. The van der Waals surface area contributed by atoms with Gasteiger partial charge in [0.2, 0.25) is 0 Å². The van der Waals surface area contributed by atoms with Gasteiger partial charge in [-0.1, -0.05) is 13.3 Å². The molecule has 1 N–H and O–H groups in total. The van der Waals surface area contributed by atoms with Crippen molar-refractivity contribution in [2.45, 2.75) is 56.5 Å². The zero-order valence-electron chi connectivity index (χ0n) is 13.9. The Morgan fingerprint density at radius 3 is 2.29 bits per heavy atom. The number of carboxylic acid groups (broad SMARTS) is 1. The zero-order valence-corrected chi connectivity index (χ0v) is 14.8. The molecule has 0 radical (unpaired) electrons. The second kappa shape index (κ2) is 7.34. The third kappa shape index (κ3) is 4.14. The topological polar surface area (TPSA) is 91.8 Å². The van der Waals surface area contributed by atoms with E-state index in [1.165, 1.54) is 36.1 Å². The van der Waals surface area contributed by atoms with Crippen LogP contribution in [-0.4, -0.2) is 48.1 Å². The van der Waals surface area contributed by atoms with Crippen molar-refractivity contribution in [2.75, 3.05) is 5.75 Å². The number of unbranched alkanes of at least 4 members (excludes halogenated alkanes) is 1. The van der Waals surface area contributed by atoms with Gasteiger partial charge in [0, 0.05) is 11.6 Å². The monoisotopic (exact) mass is 353 g/mol. The smallest absolute Gasteiger partial charge is 0.326 e. The number of sulfone groups is 1. The van der Waals surface area contributed by atoms with Gasteiger partial charge in [0.1, 0.15) is 6.04 Å². The molecule has 1 amide bonds. The minimum Gasteiger partial charge on any atom is -0.480 e. The zero-order chi connectivity index (χ0) is 17.9. The Hall–Kier alpha value is -1.89. The number of benzene rings is 1. The van der Waals surface area contributed by atoms with Crippen LogP contribution in [0.1, 0.15) is 49.9 Å². The van der Waals surface area contributed by atoms with E-state index < -0.39 is 21.8 Å². The Bertz CT molecular complexity index is 707. The molecule has 0 spiro atoms. The summed E-state index contributed by atoms with van der Waals surface area (Å²) < 4.78 is 24.3. The highest BCUT2D eigenvalue weighted by atomic mass is 32.2. The van der Waals surface area contributed by atoms with E-state index in [1.54, 1.807) is 0 Å². The predicted octanol–water partition coefficient (Wildman–Crippen LogP) is 2.34. The van der Waals surface area contributed by atoms with Crippen LogP contribution in [0.3, 0.4) is 0 Å². The number of hydrogen-bond donors (Lipinski definition) is 1. The molecule has 24 heavy (non-hydrogen) atoms. The molecule has 1 atom stereocenters. The van der Waals surface area contributed by atoms with Crippen molar-refractivity contribution in [3.8, 4) is 0 Å². The summed E-state index contributed by atoms with van der Waals surface area (Å²) in [6.45, 7) is 3.41.